The monoisotopic (exact) mass is 211 g/mol. The van der Waals surface area contributed by atoms with E-state index in [0.29, 0.717) is 0 Å². The molecule has 1 rings (SSSR count). The number of hydrogen-bond donors (Lipinski definition) is 1. The Labute approximate surface area is 96.0 Å². The van der Waals surface area contributed by atoms with Gasteiger partial charge in [0.05, 0.1) is 0 Å². The summed E-state index contributed by atoms with van der Waals surface area (Å²) in [5, 5.41) is 3.54. The Morgan fingerprint density at radius 3 is 2.47 bits per heavy atom. The fourth-order valence-corrected chi connectivity index (χ4v) is 3.12. The van der Waals surface area contributed by atoms with Crippen LogP contribution in [0.1, 0.15) is 59.3 Å². The quantitative estimate of drug-likeness (QED) is 0.704. The van der Waals surface area contributed by atoms with Crippen molar-refractivity contribution in [2.45, 2.75) is 59.3 Å². The van der Waals surface area contributed by atoms with Gasteiger partial charge in [0.15, 0.2) is 0 Å². The molecule has 0 saturated heterocycles. The normalized spacial score (nSPS) is 31.8. The van der Waals surface area contributed by atoms with E-state index in [9.17, 15) is 0 Å². The molecule has 15 heavy (non-hydrogen) atoms. The van der Waals surface area contributed by atoms with E-state index in [2.05, 4.69) is 26.1 Å². The summed E-state index contributed by atoms with van der Waals surface area (Å²) in [4.78, 5) is 0. The average Bonchev–Trinajstić information content (AvgIpc) is 2.27. The second-order valence-electron chi connectivity index (χ2n) is 5.20. The van der Waals surface area contributed by atoms with Crippen molar-refractivity contribution in [3.05, 3.63) is 0 Å². The molecule has 0 heterocycles. The molecule has 0 aromatic heterocycles. The minimum atomic E-state index is 0.965. The first-order valence-electron chi connectivity index (χ1n) is 7.02. The van der Waals surface area contributed by atoms with Gasteiger partial charge in [0.25, 0.3) is 0 Å². The maximum atomic E-state index is 3.54. The molecule has 3 unspecified atom stereocenters. The molecule has 1 nitrogen and oxygen atoms in total. The molecule has 0 aromatic carbocycles. The minimum absolute atomic E-state index is 0.965. The van der Waals surface area contributed by atoms with Crippen molar-refractivity contribution in [1.82, 2.24) is 5.32 Å². The van der Waals surface area contributed by atoms with E-state index < -0.39 is 0 Å². The van der Waals surface area contributed by atoms with Gasteiger partial charge >= 0.3 is 0 Å². The van der Waals surface area contributed by atoms with E-state index in [1.165, 1.54) is 45.1 Å². The van der Waals surface area contributed by atoms with Gasteiger partial charge in [0.2, 0.25) is 0 Å². The zero-order valence-electron chi connectivity index (χ0n) is 10.9. The summed E-state index contributed by atoms with van der Waals surface area (Å²) in [5.74, 6) is 3.00. The van der Waals surface area contributed by atoms with Gasteiger partial charge in [-0.1, -0.05) is 46.5 Å². The molecular formula is C14H29N. The van der Waals surface area contributed by atoms with Crippen molar-refractivity contribution >= 4 is 0 Å². The van der Waals surface area contributed by atoms with Crippen LogP contribution in [0.25, 0.3) is 0 Å². The van der Waals surface area contributed by atoms with Crippen LogP contribution >= 0.6 is 0 Å². The molecule has 0 aliphatic heterocycles. The third-order valence-corrected chi connectivity index (χ3v) is 4.14. The second kappa shape index (κ2) is 7.27. The molecule has 3 atom stereocenters. The van der Waals surface area contributed by atoms with E-state index in [-0.39, 0.29) is 0 Å². The molecule has 0 spiro atoms. The Hall–Kier alpha value is -0.0400. The van der Waals surface area contributed by atoms with Crippen molar-refractivity contribution in [1.29, 1.82) is 0 Å². The molecular weight excluding hydrogens is 182 g/mol. The summed E-state index contributed by atoms with van der Waals surface area (Å²) in [6.07, 6.45) is 8.66. The molecule has 1 aliphatic rings. The first kappa shape index (κ1) is 13.0. The van der Waals surface area contributed by atoms with Crippen LogP contribution in [0, 0.1) is 17.8 Å². The lowest BCUT2D eigenvalue weighted by Crippen LogP contribution is -2.33. The van der Waals surface area contributed by atoms with Gasteiger partial charge in [-0.2, -0.15) is 0 Å². The summed E-state index contributed by atoms with van der Waals surface area (Å²) in [5.41, 5.74) is 0. The number of rotatable bonds is 6. The summed E-state index contributed by atoms with van der Waals surface area (Å²) < 4.78 is 0. The van der Waals surface area contributed by atoms with E-state index in [1.54, 1.807) is 0 Å². The highest BCUT2D eigenvalue weighted by atomic mass is 14.8. The fraction of sp³-hybridized carbons (Fsp3) is 1.00. The summed E-state index contributed by atoms with van der Waals surface area (Å²) >= 11 is 0. The Kier molecular flexibility index (Phi) is 6.31. The fourth-order valence-electron chi connectivity index (χ4n) is 3.12. The van der Waals surface area contributed by atoms with Gasteiger partial charge < -0.3 is 5.32 Å². The summed E-state index contributed by atoms with van der Waals surface area (Å²) in [7, 11) is 0. The van der Waals surface area contributed by atoms with E-state index in [0.717, 1.165) is 24.3 Å². The predicted molar refractivity (Wildman–Crippen MR) is 68.1 cm³/mol. The van der Waals surface area contributed by atoms with Crippen molar-refractivity contribution < 1.29 is 0 Å². The van der Waals surface area contributed by atoms with Gasteiger partial charge in [-0.05, 0) is 43.7 Å². The largest absolute Gasteiger partial charge is 0.317 e. The van der Waals surface area contributed by atoms with Gasteiger partial charge in [0, 0.05) is 0 Å². The third-order valence-electron chi connectivity index (χ3n) is 4.14. The van der Waals surface area contributed by atoms with Crippen molar-refractivity contribution in [3.63, 3.8) is 0 Å². The van der Waals surface area contributed by atoms with E-state index in [4.69, 9.17) is 0 Å². The van der Waals surface area contributed by atoms with Gasteiger partial charge in [-0.15, -0.1) is 0 Å². The molecule has 0 radical (unpaired) electrons. The number of hydrogen-bond acceptors (Lipinski definition) is 1. The predicted octanol–water partition coefficient (Wildman–Crippen LogP) is 3.84. The second-order valence-corrected chi connectivity index (χ2v) is 5.20. The van der Waals surface area contributed by atoms with Crippen molar-refractivity contribution in [2.75, 3.05) is 13.1 Å². The Balaban J connectivity index is 2.39. The lowest BCUT2D eigenvalue weighted by atomic mass is 9.71. The maximum absolute atomic E-state index is 3.54. The molecule has 1 N–H and O–H groups in total. The van der Waals surface area contributed by atoms with Gasteiger partial charge in [0.1, 0.15) is 0 Å². The van der Waals surface area contributed by atoms with Crippen LogP contribution < -0.4 is 5.32 Å². The highest BCUT2D eigenvalue weighted by Crippen LogP contribution is 2.37. The van der Waals surface area contributed by atoms with Crippen molar-refractivity contribution in [2.24, 2.45) is 17.8 Å². The maximum Gasteiger partial charge on any atom is -0.00180 e. The minimum Gasteiger partial charge on any atom is -0.317 e. The van der Waals surface area contributed by atoms with Crippen LogP contribution in [-0.2, 0) is 0 Å². The van der Waals surface area contributed by atoms with Crippen LogP contribution in [-0.4, -0.2) is 13.1 Å². The molecule has 1 aliphatic carbocycles. The SMILES string of the molecule is CCCC1CC(CC)CCC1CNCC. The zero-order chi connectivity index (χ0) is 11.1. The third kappa shape index (κ3) is 4.14. The Bertz CT molecular complexity index is 155. The first-order chi connectivity index (χ1) is 7.31. The molecule has 0 bridgehead atoms. The Morgan fingerprint density at radius 1 is 1.07 bits per heavy atom. The van der Waals surface area contributed by atoms with Crippen LogP contribution in [0.5, 0.6) is 0 Å². The lowest BCUT2D eigenvalue weighted by Gasteiger charge is -2.36. The highest BCUT2D eigenvalue weighted by Gasteiger charge is 2.28. The summed E-state index contributed by atoms with van der Waals surface area (Å²) in [6.45, 7) is 9.30. The zero-order valence-corrected chi connectivity index (χ0v) is 10.9. The standard InChI is InChI=1S/C14H29N/c1-4-7-13-10-12(5-2)8-9-14(13)11-15-6-3/h12-15H,4-11H2,1-3H3. The molecule has 90 valence electrons. The van der Waals surface area contributed by atoms with Gasteiger partial charge in [-0.3, -0.25) is 0 Å². The smallest absolute Gasteiger partial charge is 0.00180 e. The van der Waals surface area contributed by atoms with Crippen LogP contribution in [0.4, 0.5) is 0 Å². The van der Waals surface area contributed by atoms with Crippen LogP contribution in [0.15, 0.2) is 0 Å². The Morgan fingerprint density at radius 2 is 1.87 bits per heavy atom. The first-order valence-corrected chi connectivity index (χ1v) is 7.02. The lowest BCUT2D eigenvalue weighted by molar-refractivity contribution is 0.163. The molecule has 1 saturated carbocycles. The summed E-state index contributed by atoms with van der Waals surface area (Å²) in [6, 6.07) is 0. The van der Waals surface area contributed by atoms with E-state index in [1.807, 2.05) is 0 Å². The van der Waals surface area contributed by atoms with Crippen LogP contribution in [0.3, 0.4) is 0 Å². The number of nitrogens with one attached hydrogen (secondary N) is 1. The molecule has 0 amide bonds. The van der Waals surface area contributed by atoms with Gasteiger partial charge in [-0.25, -0.2) is 0 Å². The van der Waals surface area contributed by atoms with Crippen LogP contribution in [0.2, 0.25) is 0 Å². The van der Waals surface area contributed by atoms with Crippen molar-refractivity contribution in [3.8, 4) is 0 Å². The highest BCUT2D eigenvalue weighted by molar-refractivity contribution is 4.80. The molecule has 1 heteroatoms. The molecule has 0 aromatic rings. The average molecular weight is 211 g/mol. The topological polar surface area (TPSA) is 12.0 Å². The van der Waals surface area contributed by atoms with E-state index >= 15 is 0 Å². The molecule has 1 fully saturated rings.